The summed E-state index contributed by atoms with van der Waals surface area (Å²) in [6, 6.07) is 4.94. The van der Waals surface area contributed by atoms with Crippen LogP contribution in [0.1, 0.15) is 39.7 Å². The van der Waals surface area contributed by atoms with Crippen molar-refractivity contribution >= 4 is 17.7 Å². The third-order valence-electron chi connectivity index (χ3n) is 6.56. The molecule has 37 heavy (non-hydrogen) atoms. The van der Waals surface area contributed by atoms with Gasteiger partial charge in [-0.25, -0.2) is 4.79 Å². The van der Waals surface area contributed by atoms with E-state index in [1.807, 2.05) is 19.9 Å². The molecule has 6 atom stereocenters. The van der Waals surface area contributed by atoms with Crippen molar-refractivity contribution in [1.82, 2.24) is 0 Å². The molecule has 1 aromatic rings. The van der Waals surface area contributed by atoms with Gasteiger partial charge in [0.05, 0.1) is 12.2 Å². The van der Waals surface area contributed by atoms with Crippen LogP contribution in [-0.2, 0) is 25.4 Å². The van der Waals surface area contributed by atoms with Crippen molar-refractivity contribution < 1.29 is 34.0 Å². The van der Waals surface area contributed by atoms with E-state index in [0.29, 0.717) is 35.2 Å². The zero-order chi connectivity index (χ0) is 27.7. The van der Waals surface area contributed by atoms with E-state index < -0.39 is 30.5 Å². The Morgan fingerprint density at radius 1 is 1.16 bits per heavy atom. The first-order valence-electron chi connectivity index (χ1n) is 12.3. The SMILES string of the molecule is CO[C@H]1/C=C\C=C(/C)C(=O)Nc2ccc(O)c(c2)C[C@@H](C)C[C@H](OC)[C@H](O)[C@@H](C)/C=C(\C)[C@@H]1OC(N)=O. The van der Waals surface area contributed by atoms with Crippen molar-refractivity contribution in [3.8, 4) is 5.75 Å². The number of carbonyl (C=O) groups is 2. The number of carbonyl (C=O) groups excluding carboxylic acids is 2. The quantitative estimate of drug-likeness (QED) is 0.353. The van der Waals surface area contributed by atoms with Gasteiger partial charge in [0.25, 0.3) is 5.91 Å². The van der Waals surface area contributed by atoms with Crippen molar-refractivity contribution in [3.63, 3.8) is 0 Å². The zero-order valence-corrected chi connectivity index (χ0v) is 22.4. The Morgan fingerprint density at radius 2 is 1.86 bits per heavy atom. The number of aliphatic hydroxyl groups excluding tert-OH is 1. The molecular weight excluding hydrogens is 476 g/mol. The normalized spacial score (nSPS) is 31.8. The smallest absolute Gasteiger partial charge is 0.405 e. The van der Waals surface area contributed by atoms with Crippen molar-refractivity contribution in [2.24, 2.45) is 17.6 Å². The van der Waals surface area contributed by atoms with Gasteiger partial charge >= 0.3 is 6.09 Å². The molecule has 0 spiro atoms. The summed E-state index contributed by atoms with van der Waals surface area (Å²) in [6.45, 7) is 7.30. The molecule has 0 fully saturated rings. The molecule has 9 heteroatoms. The summed E-state index contributed by atoms with van der Waals surface area (Å²) in [7, 11) is 3.02. The molecule has 2 rings (SSSR count). The molecule has 0 radical (unpaired) electrons. The molecule has 1 aliphatic heterocycles. The van der Waals surface area contributed by atoms with Crippen molar-refractivity contribution in [3.05, 3.63) is 59.2 Å². The monoisotopic (exact) mass is 516 g/mol. The topological polar surface area (TPSA) is 140 Å². The standard InChI is InChI=1S/C28H40N2O7/c1-16-12-20-15-21(10-11-22(20)31)30-27(33)17(2)8-7-9-23(35-5)26(37-28(29)34)19(4)14-18(3)25(32)24(13-16)36-6/h7-11,14-16,18,23-26,31-32H,12-13H2,1-6H3,(H2,29,34)(H,30,33)/b9-7-,17-8+,19-14+/t16-,18+,23+,24+,25-,26+/m1/s1. The summed E-state index contributed by atoms with van der Waals surface area (Å²) in [5.41, 5.74) is 7.65. The van der Waals surface area contributed by atoms with Crippen LogP contribution in [0.4, 0.5) is 10.5 Å². The molecule has 1 heterocycles. The minimum absolute atomic E-state index is 0.0467. The van der Waals surface area contributed by atoms with Gasteiger partial charge < -0.3 is 35.5 Å². The van der Waals surface area contributed by atoms with Crippen LogP contribution in [0.15, 0.2) is 53.6 Å². The number of phenolic OH excluding ortho intramolecular Hbond substituents is 1. The number of primary amides is 1. The van der Waals surface area contributed by atoms with Crippen molar-refractivity contribution in [1.29, 1.82) is 0 Å². The highest BCUT2D eigenvalue weighted by molar-refractivity contribution is 6.03. The number of nitrogens with two attached hydrogens (primary N) is 1. The van der Waals surface area contributed by atoms with E-state index in [-0.39, 0.29) is 23.5 Å². The van der Waals surface area contributed by atoms with Gasteiger partial charge in [0.15, 0.2) is 6.10 Å². The molecule has 5 N–H and O–H groups in total. The number of phenols is 1. The second-order valence-corrected chi connectivity index (χ2v) is 9.67. The molecule has 1 aliphatic rings. The summed E-state index contributed by atoms with van der Waals surface area (Å²) in [6.07, 6.45) is 3.95. The molecule has 0 aliphatic carbocycles. The Bertz CT molecular complexity index is 1030. The van der Waals surface area contributed by atoms with Crippen LogP contribution in [0.5, 0.6) is 5.75 Å². The average molecular weight is 517 g/mol. The number of nitrogens with one attached hydrogen (secondary N) is 1. The van der Waals surface area contributed by atoms with Gasteiger partial charge in [0.1, 0.15) is 11.9 Å². The average Bonchev–Trinajstić information content (AvgIpc) is 2.84. The fourth-order valence-corrected chi connectivity index (χ4v) is 4.47. The molecule has 0 aromatic heterocycles. The van der Waals surface area contributed by atoms with E-state index in [9.17, 15) is 19.8 Å². The van der Waals surface area contributed by atoms with E-state index in [1.54, 1.807) is 57.4 Å². The minimum atomic E-state index is -0.959. The summed E-state index contributed by atoms with van der Waals surface area (Å²) >= 11 is 0. The zero-order valence-electron chi connectivity index (χ0n) is 22.4. The Labute approximate surface area is 219 Å². The number of rotatable bonds is 3. The number of hydrogen-bond donors (Lipinski definition) is 4. The number of ether oxygens (including phenoxy) is 3. The number of amides is 2. The van der Waals surface area contributed by atoms with Crippen LogP contribution in [0.2, 0.25) is 0 Å². The second-order valence-electron chi connectivity index (χ2n) is 9.67. The van der Waals surface area contributed by atoms with E-state index in [4.69, 9.17) is 19.9 Å². The van der Waals surface area contributed by atoms with Crippen LogP contribution in [0.25, 0.3) is 0 Å². The third-order valence-corrected chi connectivity index (χ3v) is 6.56. The molecule has 0 unspecified atom stereocenters. The fourth-order valence-electron chi connectivity index (χ4n) is 4.47. The summed E-state index contributed by atoms with van der Waals surface area (Å²) in [4.78, 5) is 24.4. The van der Waals surface area contributed by atoms with Gasteiger partial charge in [-0.15, -0.1) is 0 Å². The summed E-state index contributed by atoms with van der Waals surface area (Å²) in [5.74, 6) is -0.469. The first-order chi connectivity index (χ1) is 17.5. The van der Waals surface area contributed by atoms with E-state index in [1.165, 1.54) is 7.11 Å². The number of aliphatic hydroxyl groups is 1. The lowest BCUT2D eigenvalue weighted by molar-refractivity contribution is -0.112. The molecule has 2 amide bonds. The number of aromatic hydroxyl groups is 1. The van der Waals surface area contributed by atoms with E-state index in [2.05, 4.69) is 5.32 Å². The molecule has 0 saturated carbocycles. The van der Waals surface area contributed by atoms with Gasteiger partial charge in [-0.1, -0.05) is 38.2 Å². The van der Waals surface area contributed by atoms with Gasteiger partial charge in [0.2, 0.25) is 0 Å². The molecule has 204 valence electrons. The third kappa shape index (κ3) is 8.73. The highest BCUT2D eigenvalue weighted by Gasteiger charge is 2.29. The number of allylic oxidation sites excluding steroid dienone is 2. The second kappa shape index (κ2) is 14.0. The number of hydrogen-bond acceptors (Lipinski definition) is 7. The number of benzene rings is 1. The lowest BCUT2D eigenvalue weighted by Gasteiger charge is -2.29. The molecule has 9 nitrogen and oxygen atoms in total. The maximum Gasteiger partial charge on any atom is 0.405 e. The Morgan fingerprint density at radius 3 is 2.49 bits per heavy atom. The van der Waals surface area contributed by atoms with Crippen molar-refractivity contribution in [2.75, 3.05) is 19.5 Å². The Balaban J connectivity index is 2.53. The number of fused-ring (bicyclic) bond motifs is 2. The maximum absolute atomic E-state index is 12.7. The Hall–Kier alpha value is -3.14. The largest absolute Gasteiger partial charge is 0.508 e. The first kappa shape index (κ1) is 30.1. The van der Waals surface area contributed by atoms with Crippen LogP contribution in [-0.4, -0.2) is 60.8 Å². The van der Waals surface area contributed by atoms with Gasteiger partial charge in [-0.05, 0) is 61.9 Å². The lowest BCUT2D eigenvalue weighted by atomic mass is 9.88. The summed E-state index contributed by atoms with van der Waals surface area (Å²) < 4.78 is 16.5. The number of anilines is 1. The molecule has 0 saturated heterocycles. The fraction of sp³-hybridized carbons (Fsp3) is 0.500. The molecular formula is C28H40N2O7. The number of methoxy groups -OCH3 is 2. The highest BCUT2D eigenvalue weighted by Crippen LogP contribution is 2.28. The predicted octanol–water partition coefficient (Wildman–Crippen LogP) is 3.85. The van der Waals surface area contributed by atoms with Crippen LogP contribution in [0.3, 0.4) is 0 Å². The minimum Gasteiger partial charge on any atom is -0.508 e. The Kier molecular flexibility index (Phi) is 11.4. The van der Waals surface area contributed by atoms with Gasteiger partial charge in [0, 0.05) is 31.4 Å². The van der Waals surface area contributed by atoms with Crippen LogP contribution >= 0.6 is 0 Å². The first-order valence-corrected chi connectivity index (χ1v) is 12.3. The lowest BCUT2D eigenvalue weighted by Crippen LogP contribution is -2.37. The van der Waals surface area contributed by atoms with E-state index in [0.717, 1.165) is 0 Å². The van der Waals surface area contributed by atoms with Gasteiger partial charge in [-0.2, -0.15) is 0 Å². The molecule has 1 aromatic carbocycles. The summed E-state index contributed by atoms with van der Waals surface area (Å²) in [5, 5.41) is 24.3. The maximum atomic E-state index is 12.7. The van der Waals surface area contributed by atoms with Gasteiger partial charge in [-0.3, -0.25) is 4.79 Å². The van der Waals surface area contributed by atoms with Crippen LogP contribution < -0.4 is 11.1 Å². The van der Waals surface area contributed by atoms with Crippen LogP contribution in [0, 0.1) is 11.8 Å². The van der Waals surface area contributed by atoms with E-state index >= 15 is 0 Å². The highest BCUT2D eigenvalue weighted by atomic mass is 16.6. The van der Waals surface area contributed by atoms with Crippen molar-refractivity contribution in [2.45, 2.75) is 65.0 Å². The predicted molar refractivity (Wildman–Crippen MR) is 142 cm³/mol. The molecule has 2 bridgehead atoms.